The van der Waals surface area contributed by atoms with Gasteiger partial charge in [0, 0.05) is 26.0 Å². The summed E-state index contributed by atoms with van der Waals surface area (Å²) >= 11 is 0. The number of ether oxygens (including phenoxy) is 1. The Balaban J connectivity index is 1.64. The van der Waals surface area contributed by atoms with Gasteiger partial charge in [-0.15, -0.1) is 0 Å². The summed E-state index contributed by atoms with van der Waals surface area (Å²) in [6.45, 7) is 5.91. The minimum atomic E-state index is -0.0900. The number of likely N-dealkylation sites (N-methyl/N-ethyl adjacent to an activating group) is 1. The summed E-state index contributed by atoms with van der Waals surface area (Å²) in [6.07, 6.45) is 4.34. The lowest BCUT2D eigenvalue weighted by Gasteiger charge is -2.18. The molecule has 0 saturated carbocycles. The maximum atomic E-state index is 12.0. The van der Waals surface area contributed by atoms with Crippen molar-refractivity contribution in [3.8, 4) is 5.75 Å². The van der Waals surface area contributed by atoms with Crippen LogP contribution in [0.5, 0.6) is 5.75 Å². The van der Waals surface area contributed by atoms with Gasteiger partial charge in [-0.3, -0.25) is 4.98 Å². The lowest BCUT2D eigenvalue weighted by Crippen LogP contribution is -2.40. The van der Waals surface area contributed by atoms with Crippen molar-refractivity contribution in [2.45, 2.75) is 26.2 Å². The van der Waals surface area contributed by atoms with Crippen LogP contribution in [0.3, 0.4) is 0 Å². The van der Waals surface area contributed by atoms with E-state index in [0.717, 1.165) is 12.2 Å². The van der Waals surface area contributed by atoms with Crippen LogP contribution in [0.2, 0.25) is 0 Å². The number of rotatable bonds is 8. The molecule has 0 atom stereocenters. The molecule has 0 aliphatic rings. The Labute approximate surface area is 150 Å². The van der Waals surface area contributed by atoms with Crippen molar-refractivity contribution >= 4 is 6.03 Å². The fourth-order valence-corrected chi connectivity index (χ4v) is 2.36. The first-order valence-corrected chi connectivity index (χ1v) is 8.67. The summed E-state index contributed by atoms with van der Waals surface area (Å²) < 4.78 is 5.66. The Kier molecular flexibility index (Phi) is 7.26. The molecule has 2 rings (SSSR count). The first kappa shape index (κ1) is 18.8. The summed E-state index contributed by atoms with van der Waals surface area (Å²) in [5.41, 5.74) is 2.46. The van der Waals surface area contributed by atoms with Gasteiger partial charge < -0.3 is 15.0 Å². The monoisotopic (exact) mass is 341 g/mol. The molecular formula is C20H27N3O2. The standard InChI is InChI=1S/C20H27N3O2/c1-16(2)18-4-6-19(7-5-18)25-15-13-22-20(24)23(3)14-10-17-8-11-21-12-9-17/h4-9,11-12,16H,10,13-15H2,1-3H3,(H,22,24). The van der Waals surface area contributed by atoms with E-state index in [0.29, 0.717) is 25.6 Å². The van der Waals surface area contributed by atoms with Gasteiger partial charge in [0.2, 0.25) is 0 Å². The quantitative estimate of drug-likeness (QED) is 0.748. The highest BCUT2D eigenvalue weighted by Crippen LogP contribution is 2.18. The summed E-state index contributed by atoms with van der Waals surface area (Å²) in [4.78, 5) is 17.7. The smallest absolute Gasteiger partial charge is 0.317 e. The number of carbonyl (C=O) groups is 1. The van der Waals surface area contributed by atoms with Gasteiger partial charge in [-0.2, -0.15) is 0 Å². The van der Waals surface area contributed by atoms with E-state index in [4.69, 9.17) is 4.74 Å². The van der Waals surface area contributed by atoms with Crippen LogP contribution in [-0.2, 0) is 6.42 Å². The van der Waals surface area contributed by atoms with E-state index in [1.165, 1.54) is 11.1 Å². The molecule has 1 aromatic heterocycles. The van der Waals surface area contributed by atoms with Gasteiger partial charge in [0.15, 0.2) is 0 Å². The van der Waals surface area contributed by atoms with Crippen molar-refractivity contribution in [1.82, 2.24) is 15.2 Å². The maximum Gasteiger partial charge on any atom is 0.317 e. The van der Waals surface area contributed by atoms with Crippen LogP contribution in [0.25, 0.3) is 0 Å². The van der Waals surface area contributed by atoms with E-state index in [2.05, 4.69) is 36.3 Å². The Bertz CT molecular complexity index is 642. The minimum absolute atomic E-state index is 0.0900. The zero-order valence-corrected chi connectivity index (χ0v) is 15.2. The number of nitrogens with zero attached hydrogens (tertiary/aromatic N) is 2. The van der Waals surface area contributed by atoms with E-state index < -0.39 is 0 Å². The number of urea groups is 1. The average molecular weight is 341 g/mol. The Hall–Kier alpha value is -2.56. The Morgan fingerprint density at radius 2 is 1.84 bits per heavy atom. The van der Waals surface area contributed by atoms with Gasteiger partial charge in [0.1, 0.15) is 12.4 Å². The number of pyridine rings is 1. The van der Waals surface area contributed by atoms with E-state index in [9.17, 15) is 4.79 Å². The first-order valence-electron chi connectivity index (χ1n) is 8.67. The summed E-state index contributed by atoms with van der Waals surface area (Å²) in [6, 6.07) is 11.9. The number of aromatic nitrogens is 1. The summed E-state index contributed by atoms with van der Waals surface area (Å²) in [5, 5.41) is 2.87. The molecule has 0 bridgehead atoms. The largest absolute Gasteiger partial charge is 0.492 e. The highest BCUT2D eigenvalue weighted by molar-refractivity contribution is 5.73. The molecule has 2 amide bonds. The lowest BCUT2D eigenvalue weighted by molar-refractivity contribution is 0.206. The van der Waals surface area contributed by atoms with Crippen LogP contribution < -0.4 is 10.1 Å². The van der Waals surface area contributed by atoms with E-state index in [1.54, 1.807) is 24.3 Å². The minimum Gasteiger partial charge on any atom is -0.492 e. The molecule has 0 radical (unpaired) electrons. The molecule has 0 unspecified atom stereocenters. The number of hydrogen-bond donors (Lipinski definition) is 1. The molecule has 2 aromatic rings. The second kappa shape index (κ2) is 9.67. The highest BCUT2D eigenvalue weighted by Gasteiger charge is 2.07. The van der Waals surface area contributed by atoms with Crippen molar-refractivity contribution < 1.29 is 9.53 Å². The van der Waals surface area contributed by atoms with E-state index >= 15 is 0 Å². The molecule has 0 saturated heterocycles. The van der Waals surface area contributed by atoms with Crippen molar-refractivity contribution in [3.05, 3.63) is 59.9 Å². The van der Waals surface area contributed by atoms with Crippen LogP contribution >= 0.6 is 0 Å². The molecule has 1 aromatic carbocycles. The number of amides is 2. The first-order chi connectivity index (χ1) is 12.1. The van der Waals surface area contributed by atoms with Crippen LogP contribution in [0.1, 0.15) is 30.9 Å². The van der Waals surface area contributed by atoms with Gasteiger partial charge >= 0.3 is 6.03 Å². The molecule has 0 fully saturated rings. The topological polar surface area (TPSA) is 54.5 Å². The SMILES string of the molecule is CC(C)c1ccc(OCCNC(=O)N(C)CCc2ccncc2)cc1. The second-order valence-electron chi connectivity index (χ2n) is 6.33. The second-order valence-corrected chi connectivity index (χ2v) is 6.33. The van der Waals surface area contributed by atoms with Gasteiger partial charge in [0.05, 0.1) is 6.54 Å². The third kappa shape index (κ3) is 6.45. The van der Waals surface area contributed by atoms with Gasteiger partial charge in [-0.25, -0.2) is 4.79 Å². The number of nitrogens with one attached hydrogen (secondary N) is 1. The lowest BCUT2D eigenvalue weighted by atomic mass is 10.0. The predicted octanol–water partition coefficient (Wildman–Crippen LogP) is 3.47. The van der Waals surface area contributed by atoms with Crippen molar-refractivity contribution in [1.29, 1.82) is 0 Å². The summed E-state index contributed by atoms with van der Waals surface area (Å²) in [5.74, 6) is 1.33. The third-order valence-corrected chi connectivity index (χ3v) is 4.03. The zero-order chi connectivity index (χ0) is 18.1. The average Bonchev–Trinajstić information content (AvgIpc) is 2.64. The van der Waals surface area contributed by atoms with Crippen LogP contribution in [0.15, 0.2) is 48.8 Å². The van der Waals surface area contributed by atoms with Crippen molar-refractivity contribution in [3.63, 3.8) is 0 Å². The predicted molar refractivity (Wildman–Crippen MR) is 100.0 cm³/mol. The van der Waals surface area contributed by atoms with Crippen molar-refractivity contribution in [2.24, 2.45) is 0 Å². The molecule has 0 spiro atoms. The van der Waals surface area contributed by atoms with Crippen LogP contribution in [-0.4, -0.2) is 42.7 Å². The van der Waals surface area contributed by atoms with Crippen LogP contribution in [0, 0.1) is 0 Å². The normalized spacial score (nSPS) is 10.6. The molecular weight excluding hydrogens is 314 g/mol. The molecule has 5 nitrogen and oxygen atoms in total. The van der Waals surface area contributed by atoms with Crippen LogP contribution in [0.4, 0.5) is 4.79 Å². The molecule has 1 N–H and O–H groups in total. The molecule has 25 heavy (non-hydrogen) atoms. The molecule has 0 aliphatic carbocycles. The van der Waals surface area contributed by atoms with Gasteiger partial charge in [0.25, 0.3) is 0 Å². The number of benzene rings is 1. The van der Waals surface area contributed by atoms with Crippen molar-refractivity contribution in [2.75, 3.05) is 26.7 Å². The zero-order valence-electron chi connectivity index (χ0n) is 15.2. The number of carbonyl (C=O) groups excluding carboxylic acids is 1. The van der Waals surface area contributed by atoms with E-state index in [1.807, 2.05) is 24.3 Å². The fourth-order valence-electron chi connectivity index (χ4n) is 2.36. The molecule has 0 aliphatic heterocycles. The Morgan fingerprint density at radius 1 is 1.16 bits per heavy atom. The molecule has 5 heteroatoms. The highest BCUT2D eigenvalue weighted by atomic mass is 16.5. The van der Waals surface area contributed by atoms with E-state index in [-0.39, 0.29) is 6.03 Å². The number of hydrogen-bond acceptors (Lipinski definition) is 3. The molecule has 134 valence electrons. The molecule has 1 heterocycles. The fraction of sp³-hybridized carbons (Fsp3) is 0.400. The summed E-state index contributed by atoms with van der Waals surface area (Å²) in [7, 11) is 1.79. The van der Waals surface area contributed by atoms with Gasteiger partial charge in [-0.1, -0.05) is 26.0 Å². The third-order valence-electron chi connectivity index (χ3n) is 4.03. The Morgan fingerprint density at radius 3 is 2.48 bits per heavy atom. The maximum absolute atomic E-state index is 12.0. The van der Waals surface area contributed by atoms with Gasteiger partial charge in [-0.05, 0) is 47.7 Å².